The molecule has 6 heteroatoms. The van der Waals surface area contributed by atoms with Crippen molar-refractivity contribution in [2.24, 2.45) is 0 Å². The van der Waals surface area contributed by atoms with Gasteiger partial charge in [-0.3, -0.25) is 4.79 Å². The quantitative estimate of drug-likeness (QED) is 0.744. The van der Waals surface area contributed by atoms with Crippen LogP contribution in [0.2, 0.25) is 0 Å². The summed E-state index contributed by atoms with van der Waals surface area (Å²) in [6, 6.07) is 7.41. The first-order valence-corrected chi connectivity index (χ1v) is 5.81. The second kappa shape index (κ2) is 5.05. The molecular weight excluding hydrogens is 300 g/mol. The molecule has 92 valence electrons. The Morgan fingerprint density at radius 1 is 1.17 bits per heavy atom. The molecule has 1 aromatic carbocycles. The van der Waals surface area contributed by atoms with E-state index in [1.54, 1.807) is 12.1 Å². The van der Waals surface area contributed by atoms with Gasteiger partial charge in [0.25, 0.3) is 5.91 Å². The summed E-state index contributed by atoms with van der Waals surface area (Å²) >= 11 is 3.18. The van der Waals surface area contributed by atoms with E-state index < -0.39 is 5.91 Å². The molecule has 1 heterocycles. The van der Waals surface area contributed by atoms with E-state index in [9.17, 15) is 15.0 Å². The molecular formula is C12H9BrN2O3. The molecule has 0 saturated carbocycles. The molecule has 0 spiro atoms. The Labute approximate surface area is 111 Å². The predicted octanol–water partition coefficient (Wildman–Crippen LogP) is 2.51. The van der Waals surface area contributed by atoms with E-state index in [2.05, 4.69) is 26.2 Å². The van der Waals surface area contributed by atoms with Crippen LogP contribution in [-0.2, 0) is 0 Å². The van der Waals surface area contributed by atoms with Crippen LogP contribution < -0.4 is 5.32 Å². The van der Waals surface area contributed by atoms with Gasteiger partial charge in [0, 0.05) is 0 Å². The van der Waals surface area contributed by atoms with Gasteiger partial charge in [0.2, 0.25) is 0 Å². The molecule has 0 fully saturated rings. The summed E-state index contributed by atoms with van der Waals surface area (Å²) in [5, 5.41) is 21.6. The lowest BCUT2D eigenvalue weighted by Gasteiger charge is -2.08. The Morgan fingerprint density at radius 2 is 1.83 bits per heavy atom. The number of rotatable bonds is 2. The molecule has 0 unspecified atom stereocenters. The molecule has 0 bridgehead atoms. The average molecular weight is 309 g/mol. The fourth-order valence-electron chi connectivity index (χ4n) is 1.40. The smallest absolute Gasteiger partial charge is 0.263 e. The number of phenols is 2. The average Bonchev–Trinajstić information content (AvgIpc) is 2.32. The first-order valence-electron chi connectivity index (χ1n) is 5.02. The summed E-state index contributed by atoms with van der Waals surface area (Å²) < 4.78 is 0.644. The van der Waals surface area contributed by atoms with E-state index in [0.717, 1.165) is 0 Å². The number of nitrogens with one attached hydrogen (secondary N) is 1. The van der Waals surface area contributed by atoms with Crippen LogP contribution in [0.5, 0.6) is 11.5 Å². The zero-order chi connectivity index (χ0) is 13.1. The van der Waals surface area contributed by atoms with E-state index in [1.165, 1.54) is 24.4 Å². The highest BCUT2D eigenvalue weighted by Gasteiger charge is 2.16. The number of amides is 1. The van der Waals surface area contributed by atoms with E-state index in [-0.39, 0.29) is 17.1 Å². The minimum Gasteiger partial charge on any atom is -0.507 e. The van der Waals surface area contributed by atoms with Gasteiger partial charge in [-0.2, -0.15) is 0 Å². The van der Waals surface area contributed by atoms with Crippen molar-refractivity contribution >= 4 is 27.5 Å². The Hall–Kier alpha value is -2.08. The Kier molecular flexibility index (Phi) is 3.47. The number of aromatic nitrogens is 1. The van der Waals surface area contributed by atoms with Gasteiger partial charge in [0.15, 0.2) is 0 Å². The van der Waals surface area contributed by atoms with Gasteiger partial charge in [-0.1, -0.05) is 6.07 Å². The van der Waals surface area contributed by atoms with E-state index in [4.69, 9.17) is 0 Å². The summed E-state index contributed by atoms with van der Waals surface area (Å²) in [6.07, 6.45) is 1.46. The van der Waals surface area contributed by atoms with Crippen LogP contribution >= 0.6 is 15.9 Å². The fourth-order valence-corrected chi connectivity index (χ4v) is 1.64. The first-order chi connectivity index (χ1) is 8.58. The van der Waals surface area contributed by atoms with E-state index in [1.807, 2.05) is 0 Å². The van der Waals surface area contributed by atoms with Gasteiger partial charge in [-0.15, -0.1) is 0 Å². The zero-order valence-electron chi connectivity index (χ0n) is 9.09. The number of benzene rings is 1. The topological polar surface area (TPSA) is 82.5 Å². The number of nitrogens with zero attached hydrogens (tertiary/aromatic N) is 1. The maximum Gasteiger partial charge on any atom is 0.263 e. The molecule has 2 rings (SSSR count). The van der Waals surface area contributed by atoms with Crippen LogP contribution in [0.4, 0.5) is 5.69 Å². The van der Waals surface area contributed by atoms with E-state index >= 15 is 0 Å². The minimum atomic E-state index is -0.602. The standard InChI is InChI=1S/C12H9BrN2O3/c13-10-5-4-7(6-14-10)15-12(18)11-8(16)2-1-3-9(11)17/h1-6,16-17H,(H,15,18). The van der Waals surface area contributed by atoms with Crippen molar-refractivity contribution in [3.8, 4) is 11.5 Å². The van der Waals surface area contributed by atoms with Crippen LogP contribution in [0.15, 0.2) is 41.1 Å². The largest absolute Gasteiger partial charge is 0.507 e. The summed E-state index contributed by atoms with van der Waals surface area (Å²) in [7, 11) is 0. The maximum absolute atomic E-state index is 11.9. The number of hydrogen-bond donors (Lipinski definition) is 3. The number of pyridine rings is 1. The summed E-state index contributed by atoms with van der Waals surface area (Å²) in [4.78, 5) is 15.8. The predicted molar refractivity (Wildman–Crippen MR) is 69.7 cm³/mol. The molecule has 1 aromatic heterocycles. The number of aromatic hydroxyl groups is 2. The van der Waals surface area contributed by atoms with E-state index in [0.29, 0.717) is 10.3 Å². The van der Waals surface area contributed by atoms with Crippen LogP contribution in [-0.4, -0.2) is 21.1 Å². The summed E-state index contributed by atoms with van der Waals surface area (Å²) in [5.74, 6) is -1.16. The molecule has 0 atom stereocenters. The lowest BCUT2D eigenvalue weighted by Crippen LogP contribution is -2.12. The molecule has 0 aliphatic rings. The Bertz CT molecular complexity index is 564. The van der Waals surface area contributed by atoms with Crippen molar-refractivity contribution < 1.29 is 15.0 Å². The lowest BCUT2D eigenvalue weighted by atomic mass is 10.1. The van der Waals surface area contributed by atoms with Crippen molar-refractivity contribution in [3.63, 3.8) is 0 Å². The van der Waals surface area contributed by atoms with Crippen LogP contribution in [0, 0.1) is 0 Å². The molecule has 5 nitrogen and oxygen atoms in total. The molecule has 18 heavy (non-hydrogen) atoms. The van der Waals surface area contributed by atoms with Crippen molar-refractivity contribution in [1.82, 2.24) is 4.98 Å². The molecule has 1 amide bonds. The maximum atomic E-state index is 11.9. The van der Waals surface area contributed by atoms with Gasteiger partial charge in [0.05, 0.1) is 11.9 Å². The molecule has 3 N–H and O–H groups in total. The lowest BCUT2D eigenvalue weighted by molar-refractivity contribution is 0.102. The highest BCUT2D eigenvalue weighted by atomic mass is 79.9. The van der Waals surface area contributed by atoms with Gasteiger partial charge >= 0.3 is 0 Å². The monoisotopic (exact) mass is 308 g/mol. The number of carbonyl (C=O) groups is 1. The van der Waals surface area contributed by atoms with Crippen molar-refractivity contribution in [3.05, 3.63) is 46.7 Å². The normalized spacial score (nSPS) is 10.1. The van der Waals surface area contributed by atoms with Crippen LogP contribution in [0.1, 0.15) is 10.4 Å². The van der Waals surface area contributed by atoms with Crippen molar-refractivity contribution in [1.29, 1.82) is 0 Å². The SMILES string of the molecule is O=C(Nc1ccc(Br)nc1)c1c(O)cccc1O. The molecule has 2 aromatic rings. The molecule has 0 aliphatic heterocycles. The second-order valence-corrected chi connectivity index (χ2v) is 4.31. The number of anilines is 1. The van der Waals surface area contributed by atoms with Gasteiger partial charge in [-0.05, 0) is 40.2 Å². The van der Waals surface area contributed by atoms with Gasteiger partial charge < -0.3 is 15.5 Å². The third-order valence-electron chi connectivity index (χ3n) is 2.23. The minimum absolute atomic E-state index is 0.166. The number of phenolic OH excluding ortho intramolecular Hbond substituents is 2. The third-order valence-corrected chi connectivity index (χ3v) is 2.70. The summed E-state index contributed by atoms with van der Waals surface area (Å²) in [5.41, 5.74) is 0.297. The van der Waals surface area contributed by atoms with Gasteiger partial charge in [0.1, 0.15) is 21.7 Å². The molecule has 0 saturated heterocycles. The molecule has 0 aliphatic carbocycles. The zero-order valence-corrected chi connectivity index (χ0v) is 10.7. The second-order valence-electron chi connectivity index (χ2n) is 3.49. The number of hydrogen-bond acceptors (Lipinski definition) is 4. The highest BCUT2D eigenvalue weighted by Crippen LogP contribution is 2.27. The van der Waals surface area contributed by atoms with Crippen LogP contribution in [0.3, 0.4) is 0 Å². The van der Waals surface area contributed by atoms with Crippen molar-refractivity contribution in [2.75, 3.05) is 5.32 Å². The highest BCUT2D eigenvalue weighted by molar-refractivity contribution is 9.10. The Balaban J connectivity index is 2.25. The fraction of sp³-hybridized carbons (Fsp3) is 0. The Morgan fingerprint density at radius 3 is 2.39 bits per heavy atom. The van der Waals surface area contributed by atoms with Crippen LogP contribution in [0.25, 0.3) is 0 Å². The van der Waals surface area contributed by atoms with Gasteiger partial charge in [-0.25, -0.2) is 4.98 Å². The summed E-state index contributed by atoms with van der Waals surface area (Å²) in [6.45, 7) is 0. The number of halogens is 1. The number of carbonyl (C=O) groups excluding carboxylic acids is 1. The third kappa shape index (κ3) is 2.60. The van der Waals surface area contributed by atoms with Crippen molar-refractivity contribution in [2.45, 2.75) is 0 Å². The molecule has 0 radical (unpaired) electrons. The first kappa shape index (κ1) is 12.4.